The van der Waals surface area contributed by atoms with E-state index in [1.165, 1.54) is 12.1 Å². The third-order valence-corrected chi connectivity index (χ3v) is 3.35. The summed E-state index contributed by atoms with van der Waals surface area (Å²) in [5, 5.41) is 11.6. The third kappa shape index (κ3) is 3.26. The van der Waals surface area contributed by atoms with Crippen LogP contribution in [0.15, 0.2) is 24.3 Å². The molecule has 1 aromatic rings. The first-order valence-electron chi connectivity index (χ1n) is 5.99. The van der Waals surface area contributed by atoms with Gasteiger partial charge < -0.3 is 10.4 Å². The zero-order valence-corrected chi connectivity index (χ0v) is 10.1. The Labute approximate surface area is 108 Å². The molecule has 1 saturated heterocycles. The topological polar surface area (TPSA) is 49.3 Å². The first-order valence-corrected chi connectivity index (χ1v) is 5.99. The average Bonchev–Trinajstić information content (AvgIpc) is 2.77. The van der Waals surface area contributed by atoms with Crippen molar-refractivity contribution in [2.24, 2.45) is 5.92 Å². The summed E-state index contributed by atoms with van der Waals surface area (Å²) in [4.78, 5) is 10.8. The number of hydrogen-bond donors (Lipinski definition) is 2. The predicted molar refractivity (Wildman–Crippen MR) is 62.7 cm³/mol. The largest absolute Gasteiger partial charge is 0.480 e. The van der Waals surface area contributed by atoms with Crippen molar-refractivity contribution in [3.05, 3.63) is 35.4 Å². The molecule has 1 fully saturated rings. The van der Waals surface area contributed by atoms with Crippen molar-refractivity contribution in [1.29, 1.82) is 0 Å². The summed E-state index contributed by atoms with van der Waals surface area (Å²) >= 11 is 0. The van der Waals surface area contributed by atoms with Crippen molar-refractivity contribution in [3.63, 3.8) is 0 Å². The van der Waals surface area contributed by atoms with Crippen LogP contribution < -0.4 is 5.32 Å². The van der Waals surface area contributed by atoms with E-state index in [1.807, 2.05) is 0 Å². The van der Waals surface area contributed by atoms with Gasteiger partial charge in [0.05, 0.1) is 5.56 Å². The van der Waals surface area contributed by atoms with Gasteiger partial charge in [0.1, 0.15) is 6.04 Å². The molecule has 0 radical (unpaired) electrons. The molecule has 19 heavy (non-hydrogen) atoms. The lowest BCUT2D eigenvalue weighted by Gasteiger charge is -2.15. The predicted octanol–water partition coefficient (Wildman–Crippen LogP) is 2.31. The van der Waals surface area contributed by atoms with Crippen molar-refractivity contribution in [1.82, 2.24) is 5.32 Å². The number of rotatable bonds is 3. The zero-order chi connectivity index (χ0) is 14.0. The summed E-state index contributed by atoms with van der Waals surface area (Å²) < 4.78 is 38.5. The Bertz CT molecular complexity index is 473. The Hall–Kier alpha value is -1.56. The maximum Gasteiger partial charge on any atom is 0.416 e. The maximum absolute atomic E-state index is 12.8. The summed E-state index contributed by atoms with van der Waals surface area (Å²) in [6.45, 7) is 0.434. The lowest BCUT2D eigenvalue weighted by Crippen LogP contribution is -2.29. The van der Waals surface area contributed by atoms with Gasteiger partial charge in [-0.2, -0.15) is 13.2 Å². The SMILES string of the molecule is O=C(O)[C@H]1CC(Cc2ccccc2C(F)(F)F)CN1. The Morgan fingerprint density at radius 1 is 1.37 bits per heavy atom. The van der Waals surface area contributed by atoms with E-state index in [0.29, 0.717) is 13.0 Å². The quantitative estimate of drug-likeness (QED) is 0.888. The Balaban J connectivity index is 2.11. The second-order valence-corrected chi connectivity index (χ2v) is 4.76. The van der Waals surface area contributed by atoms with Crippen LogP contribution in [0.2, 0.25) is 0 Å². The van der Waals surface area contributed by atoms with Gasteiger partial charge in [-0.05, 0) is 36.9 Å². The van der Waals surface area contributed by atoms with Gasteiger partial charge in [-0.1, -0.05) is 18.2 Å². The van der Waals surface area contributed by atoms with Crippen molar-refractivity contribution in [2.45, 2.75) is 25.1 Å². The zero-order valence-electron chi connectivity index (χ0n) is 10.1. The monoisotopic (exact) mass is 273 g/mol. The van der Waals surface area contributed by atoms with Crippen LogP contribution in [-0.4, -0.2) is 23.7 Å². The Morgan fingerprint density at radius 2 is 2.05 bits per heavy atom. The Kier molecular flexibility index (Phi) is 3.80. The molecule has 104 valence electrons. The van der Waals surface area contributed by atoms with Gasteiger partial charge in [0, 0.05) is 0 Å². The molecule has 0 amide bonds. The first kappa shape index (κ1) is 13.9. The second-order valence-electron chi connectivity index (χ2n) is 4.76. The van der Waals surface area contributed by atoms with Crippen molar-refractivity contribution in [3.8, 4) is 0 Å². The molecular weight excluding hydrogens is 259 g/mol. The molecule has 6 heteroatoms. The number of carboxylic acids is 1. The van der Waals surface area contributed by atoms with E-state index < -0.39 is 23.8 Å². The fraction of sp³-hybridized carbons (Fsp3) is 0.462. The number of benzene rings is 1. The van der Waals surface area contributed by atoms with Gasteiger partial charge in [-0.3, -0.25) is 4.79 Å². The van der Waals surface area contributed by atoms with Crippen LogP contribution in [0.25, 0.3) is 0 Å². The minimum atomic E-state index is -4.37. The molecule has 2 N–H and O–H groups in total. The van der Waals surface area contributed by atoms with Crippen molar-refractivity contribution in [2.75, 3.05) is 6.54 Å². The molecule has 0 spiro atoms. The first-order chi connectivity index (χ1) is 8.88. The molecule has 1 unspecified atom stereocenters. The smallest absolute Gasteiger partial charge is 0.416 e. The molecule has 2 atom stereocenters. The van der Waals surface area contributed by atoms with Crippen LogP contribution in [0.1, 0.15) is 17.5 Å². The van der Waals surface area contributed by atoms with E-state index in [2.05, 4.69) is 5.32 Å². The van der Waals surface area contributed by atoms with Gasteiger partial charge >= 0.3 is 12.1 Å². The summed E-state index contributed by atoms with van der Waals surface area (Å²) in [6.07, 6.45) is -3.76. The van der Waals surface area contributed by atoms with E-state index >= 15 is 0 Å². The molecular formula is C13H14F3NO2. The highest BCUT2D eigenvalue weighted by Gasteiger charge is 2.35. The lowest BCUT2D eigenvalue weighted by molar-refractivity contribution is -0.139. The van der Waals surface area contributed by atoms with Crippen molar-refractivity contribution < 1.29 is 23.1 Å². The molecule has 0 saturated carbocycles. The highest BCUT2D eigenvalue weighted by atomic mass is 19.4. The van der Waals surface area contributed by atoms with Crippen LogP contribution in [-0.2, 0) is 17.4 Å². The molecule has 0 aromatic heterocycles. The molecule has 1 aromatic carbocycles. The lowest BCUT2D eigenvalue weighted by atomic mass is 9.93. The van der Waals surface area contributed by atoms with E-state index in [0.717, 1.165) is 6.07 Å². The summed E-state index contributed by atoms with van der Waals surface area (Å²) in [7, 11) is 0. The molecule has 3 nitrogen and oxygen atoms in total. The summed E-state index contributed by atoms with van der Waals surface area (Å²) in [5.41, 5.74) is -0.401. The van der Waals surface area contributed by atoms with E-state index in [9.17, 15) is 18.0 Å². The van der Waals surface area contributed by atoms with Gasteiger partial charge in [-0.15, -0.1) is 0 Å². The second kappa shape index (κ2) is 5.21. The van der Waals surface area contributed by atoms with Gasteiger partial charge in [0.15, 0.2) is 0 Å². The van der Waals surface area contributed by atoms with Crippen LogP contribution in [0, 0.1) is 5.92 Å². The third-order valence-electron chi connectivity index (χ3n) is 3.35. The minimum absolute atomic E-state index is 0.0791. The van der Waals surface area contributed by atoms with Crippen LogP contribution in [0.3, 0.4) is 0 Å². The average molecular weight is 273 g/mol. The maximum atomic E-state index is 12.8. The van der Waals surface area contributed by atoms with E-state index in [-0.39, 0.29) is 17.9 Å². The van der Waals surface area contributed by atoms with Crippen LogP contribution >= 0.6 is 0 Å². The molecule has 0 aliphatic carbocycles. The summed E-state index contributed by atoms with van der Waals surface area (Å²) in [6, 6.07) is 4.80. The molecule has 0 bridgehead atoms. The minimum Gasteiger partial charge on any atom is -0.480 e. The Morgan fingerprint density at radius 3 is 2.63 bits per heavy atom. The number of alkyl halides is 3. The van der Waals surface area contributed by atoms with Crippen LogP contribution in [0.5, 0.6) is 0 Å². The molecule has 1 aliphatic heterocycles. The molecule has 1 aliphatic rings. The normalized spacial score (nSPS) is 23.5. The number of carbonyl (C=O) groups is 1. The highest BCUT2D eigenvalue weighted by Crippen LogP contribution is 2.33. The van der Waals surface area contributed by atoms with Gasteiger partial charge in [0.2, 0.25) is 0 Å². The van der Waals surface area contributed by atoms with E-state index in [4.69, 9.17) is 5.11 Å². The summed E-state index contributed by atoms with van der Waals surface area (Å²) in [5.74, 6) is -1.03. The van der Waals surface area contributed by atoms with Crippen LogP contribution in [0.4, 0.5) is 13.2 Å². The number of aliphatic carboxylic acids is 1. The number of nitrogens with one attached hydrogen (secondary N) is 1. The fourth-order valence-electron chi connectivity index (χ4n) is 2.44. The number of hydrogen-bond acceptors (Lipinski definition) is 2. The number of carboxylic acid groups (broad SMARTS) is 1. The fourth-order valence-corrected chi connectivity index (χ4v) is 2.44. The standard InChI is InChI=1S/C13H14F3NO2/c14-13(15,16)10-4-2-1-3-9(10)5-8-6-11(12(18)19)17-7-8/h1-4,8,11,17H,5-7H2,(H,18,19)/t8?,11-/m1/s1. The number of halogens is 3. The molecule has 2 rings (SSSR count). The van der Waals surface area contributed by atoms with Crippen molar-refractivity contribution >= 4 is 5.97 Å². The molecule has 1 heterocycles. The van der Waals surface area contributed by atoms with E-state index in [1.54, 1.807) is 6.07 Å². The highest BCUT2D eigenvalue weighted by molar-refractivity contribution is 5.73. The van der Waals surface area contributed by atoms with Gasteiger partial charge in [-0.25, -0.2) is 0 Å². The van der Waals surface area contributed by atoms with Gasteiger partial charge in [0.25, 0.3) is 0 Å².